The molecule has 1 aromatic heterocycles. The van der Waals surface area contributed by atoms with Gasteiger partial charge < -0.3 is 15.6 Å². The van der Waals surface area contributed by atoms with Crippen LogP contribution in [-0.2, 0) is 6.42 Å². The molecule has 0 bridgehead atoms. The number of phenols is 1. The number of pyridine rings is 1. The first-order valence-corrected chi connectivity index (χ1v) is 8.19. The summed E-state index contributed by atoms with van der Waals surface area (Å²) in [6, 6.07) is 5.75. The zero-order chi connectivity index (χ0) is 15.1. The maximum atomic E-state index is 9.79. The molecule has 2 aromatic rings. The zero-order valence-electron chi connectivity index (χ0n) is 12.7. The van der Waals surface area contributed by atoms with Crippen LogP contribution in [0.3, 0.4) is 0 Å². The summed E-state index contributed by atoms with van der Waals surface area (Å²) in [6.45, 7) is 0.777. The van der Waals surface area contributed by atoms with E-state index in [9.17, 15) is 5.11 Å². The first kappa shape index (κ1) is 13.8. The number of ether oxygens (including phenoxy) is 1. The fourth-order valence-corrected chi connectivity index (χ4v) is 3.99. The highest BCUT2D eigenvalue weighted by Gasteiger charge is 2.31. The molecule has 1 aromatic carbocycles. The quantitative estimate of drug-likeness (QED) is 0.849. The zero-order valence-corrected chi connectivity index (χ0v) is 12.7. The number of nitrogens with two attached hydrogens (primary N) is 1. The summed E-state index contributed by atoms with van der Waals surface area (Å²) in [5.74, 6) is 2.41. The van der Waals surface area contributed by atoms with Gasteiger partial charge in [0.05, 0.1) is 18.3 Å². The summed E-state index contributed by atoms with van der Waals surface area (Å²) in [6.07, 6.45) is 7.51. The van der Waals surface area contributed by atoms with Crippen molar-refractivity contribution in [2.75, 3.05) is 6.61 Å². The van der Waals surface area contributed by atoms with Gasteiger partial charge in [0.2, 0.25) is 0 Å². The smallest absolute Gasteiger partial charge is 0.141 e. The van der Waals surface area contributed by atoms with Crippen LogP contribution in [0.2, 0.25) is 0 Å². The van der Waals surface area contributed by atoms with E-state index in [1.807, 2.05) is 18.3 Å². The van der Waals surface area contributed by atoms with Gasteiger partial charge >= 0.3 is 0 Å². The SMILES string of the molecule is NC1CCC(C2COc3cnc4ccc(O)cc4c3C2)CC1. The van der Waals surface area contributed by atoms with Gasteiger partial charge in [0.25, 0.3) is 0 Å². The highest BCUT2D eigenvalue weighted by Crippen LogP contribution is 2.39. The van der Waals surface area contributed by atoms with E-state index >= 15 is 0 Å². The van der Waals surface area contributed by atoms with Crippen LogP contribution in [0.15, 0.2) is 24.4 Å². The van der Waals surface area contributed by atoms with E-state index in [-0.39, 0.29) is 5.75 Å². The summed E-state index contributed by atoms with van der Waals surface area (Å²) >= 11 is 0. The van der Waals surface area contributed by atoms with Crippen molar-refractivity contribution in [2.45, 2.75) is 38.1 Å². The number of hydrogen-bond donors (Lipinski definition) is 2. The van der Waals surface area contributed by atoms with Crippen molar-refractivity contribution < 1.29 is 9.84 Å². The van der Waals surface area contributed by atoms with Crippen LogP contribution in [0, 0.1) is 11.8 Å². The van der Waals surface area contributed by atoms with Crippen LogP contribution < -0.4 is 10.5 Å². The molecular formula is C18H22N2O2. The van der Waals surface area contributed by atoms with Crippen molar-refractivity contribution in [3.63, 3.8) is 0 Å². The second kappa shape index (κ2) is 5.43. The highest BCUT2D eigenvalue weighted by molar-refractivity contribution is 5.85. The monoisotopic (exact) mass is 298 g/mol. The molecule has 0 radical (unpaired) electrons. The molecule has 22 heavy (non-hydrogen) atoms. The molecule has 1 fully saturated rings. The van der Waals surface area contributed by atoms with E-state index in [4.69, 9.17) is 10.5 Å². The lowest BCUT2D eigenvalue weighted by Gasteiger charge is -2.35. The minimum Gasteiger partial charge on any atom is -0.508 e. The van der Waals surface area contributed by atoms with Gasteiger partial charge in [-0.05, 0) is 56.2 Å². The van der Waals surface area contributed by atoms with Gasteiger partial charge in [0, 0.05) is 22.9 Å². The van der Waals surface area contributed by atoms with Crippen LogP contribution in [0.5, 0.6) is 11.5 Å². The Hall–Kier alpha value is -1.81. The standard InChI is InChI=1S/C18H22N2O2/c19-13-3-1-11(2-4-13)12-7-16-15-8-14(21)5-6-17(15)20-9-18(16)22-10-12/h5-6,8-9,11-13,21H,1-4,7,10,19H2. The molecule has 4 heteroatoms. The second-order valence-electron chi connectivity index (χ2n) is 6.75. The van der Waals surface area contributed by atoms with Gasteiger partial charge in [-0.3, -0.25) is 4.98 Å². The molecule has 116 valence electrons. The third kappa shape index (κ3) is 2.41. The Morgan fingerprint density at radius 2 is 1.95 bits per heavy atom. The highest BCUT2D eigenvalue weighted by atomic mass is 16.5. The molecule has 1 unspecified atom stereocenters. The summed E-state index contributed by atoms with van der Waals surface area (Å²) in [5.41, 5.74) is 8.15. The van der Waals surface area contributed by atoms with Crippen molar-refractivity contribution in [1.82, 2.24) is 4.98 Å². The molecule has 0 saturated heterocycles. The first-order valence-electron chi connectivity index (χ1n) is 8.19. The summed E-state index contributed by atoms with van der Waals surface area (Å²) in [5, 5.41) is 10.8. The minimum absolute atomic E-state index is 0.286. The normalized spacial score (nSPS) is 28.1. The molecule has 1 atom stereocenters. The van der Waals surface area contributed by atoms with Crippen molar-refractivity contribution in [2.24, 2.45) is 17.6 Å². The molecule has 1 aliphatic heterocycles. The lowest BCUT2D eigenvalue weighted by atomic mass is 9.75. The van der Waals surface area contributed by atoms with E-state index in [1.54, 1.807) is 6.07 Å². The van der Waals surface area contributed by atoms with Crippen molar-refractivity contribution in [3.05, 3.63) is 30.0 Å². The summed E-state index contributed by atoms with van der Waals surface area (Å²) < 4.78 is 5.99. The van der Waals surface area contributed by atoms with Gasteiger partial charge in [-0.1, -0.05) is 0 Å². The largest absolute Gasteiger partial charge is 0.508 e. The van der Waals surface area contributed by atoms with Crippen LogP contribution in [0.1, 0.15) is 31.2 Å². The van der Waals surface area contributed by atoms with Gasteiger partial charge in [-0.15, -0.1) is 0 Å². The lowest BCUT2D eigenvalue weighted by Crippen LogP contribution is -2.34. The summed E-state index contributed by atoms with van der Waals surface area (Å²) in [4.78, 5) is 4.43. The molecule has 0 amide bonds. The van der Waals surface area contributed by atoms with Gasteiger partial charge in [-0.25, -0.2) is 0 Å². The molecule has 1 saturated carbocycles. The number of hydrogen-bond acceptors (Lipinski definition) is 4. The topological polar surface area (TPSA) is 68.4 Å². The Labute approximate surface area is 130 Å². The van der Waals surface area contributed by atoms with Crippen molar-refractivity contribution in [3.8, 4) is 11.5 Å². The second-order valence-corrected chi connectivity index (χ2v) is 6.75. The fraction of sp³-hybridized carbons (Fsp3) is 0.500. The van der Waals surface area contributed by atoms with Crippen LogP contribution >= 0.6 is 0 Å². The molecule has 2 heterocycles. The molecule has 0 spiro atoms. The Morgan fingerprint density at radius 3 is 2.77 bits per heavy atom. The van der Waals surface area contributed by atoms with Crippen LogP contribution in [0.25, 0.3) is 10.9 Å². The number of rotatable bonds is 1. The number of benzene rings is 1. The van der Waals surface area contributed by atoms with E-state index in [0.29, 0.717) is 17.9 Å². The van der Waals surface area contributed by atoms with Gasteiger partial charge in [-0.2, -0.15) is 0 Å². The number of aromatic hydroxyl groups is 1. The van der Waals surface area contributed by atoms with Gasteiger partial charge in [0.1, 0.15) is 11.5 Å². The predicted octanol–water partition coefficient (Wildman–Crippen LogP) is 3.01. The molecule has 3 N–H and O–H groups in total. The summed E-state index contributed by atoms with van der Waals surface area (Å²) in [7, 11) is 0. The van der Waals surface area contributed by atoms with Crippen LogP contribution in [-0.4, -0.2) is 22.7 Å². The van der Waals surface area contributed by atoms with E-state index < -0.39 is 0 Å². The predicted molar refractivity (Wildman–Crippen MR) is 86.0 cm³/mol. The third-order valence-corrected chi connectivity index (χ3v) is 5.33. The molecule has 4 nitrogen and oxygen atoms in total. The first-order chi connectivity index (χ1) is 10.7. The maximum Gasteiger partial charge on any atom is 0.141 e. The fourth-order valence-electron chi connectivity index (χ4n) is 3.99. The van der Waals surface area contributed by atoms with E-state index in [0.717, 1.165) is 42.5 Å². The third-order valence-electron chi connectivity index (χ3n) is 5.33. The Balaban J connectivity index is 1.65. The number of nitrogens with zero attached hydrogens (tertiary/aromatic N) is 1. The Morgan fingerprint density at radius 1 is 1.14 bits per heavy atom. The average Bonchev–Trinajstić information content (AvgIpc) is 2.55. The number of fused-ring (bicyclic) bond motifs is 3. The van der Waals surface area contributed by atoms with E-state index in [1.165, 1.54) is 18.4 Å². The Bertz CT molecular complexity index is 693. The molecular weight excluding hydrogens is 276 g/mol. The maximum absolute atomic E-state index is 9.79. The van der Waals surface area contributed by atoms with Crippen molar-refractivity contribution >= 4 is 10.9 Å². The van der Waals surface area contributed by atoms with Crippen molar-refractivity contribution in [1.29, 1.82) is 0 Å². The molecule has 4 rings (SSSR count). The lowest BCUT2D eigenvalue weighted by molar-refractivity contribution is 0.139. The van der Waals surface area contributed by atoms with Crippen LogP contribution in [0.4, 0.5) is 0 Å². The van der Waals surface area contributed by atoms with Gasteiger partial charge in [0.15, 0.2) is 0 Å². The minimum atomic E-state index is 0.286. The number of aromatic nitrogens is 1. The Kier molecular flexibility index (Phi) is 3.41. The number of phenolic OH excluding ortho intramolecular Hbond substituents is 1. The molecule has 2 aliphatic rings. The average molecular weight is 298 g/mol. The molecule has 1 aliphatic carbocycles. The van der Waals surface area contributed by atoms with E-state index in [2.05, 4.69) is 4.98 Å².